The number of rotatable bonds is 8. The van der Waals surface area contributed by atoms with E-state index >= 15 is 0 Å². The molecule has 10 heteroatoms. The predicted molar refractivity (Wildman–Crippen MR) is 82.9 cm³/mol. The molecular formula is C14H18N2O7S. The van der Waals surface area contributed by atoms with Crippen molar-refractivity contribution >= 4 is 27.6 Å². The van der Waals surface area contributed by atoms with Gasteiger partial charge in [0.05, 0.1) is 6.42 Å². The van der Waals surface area contributed by atoms with Crippen LogP contribution in [0.3, 0.4) is 0 Å². The number of nitrogens with two attached hydrogens (primary N) is 2. The summed E-state index contributed by atoms with van der Waals surface area (Å²) in [6.07, 6.45) is -0.379. The summed E-state index contributed by atoms with van der Waals surface area (Å²) in [6, 6.07) is 8.42. The van der Waals surface area contributed by atoms with Gasteiger partial charge in [-0.05, 0) is 5.56 Å². The van der Waals surface area contributed by atoms with Crippen LogP contribution in [0, 0.1) is 5.92 Å². The SMILES string of the molecule is CS(=O)(=O)C(N)(N)C(=O)C(CC(=O)O)C(=O)OCc1ccccc1. The molecule has 0 bridgehead atoms. The molecule has 5 N–H and O–H groups in total. The van der Waals surface area contributed by atoms with Gasteiger partial charge in [-0.15, -0.1) is 0 Å². The minimum Gasteiger partial charge on any atom is -0.481 e. The van der Waals surface area contributed by atoms with E-state index in [1.165, 1.54) is 0 Å². The van der Waals surface area contributed by atoms with Crippen molar-refractivity contribution in [2.24, 2.45) is 17.4 Å². The zero-order valence-electron chi connectivity index (χ0n) is 12.8. The van der Waals surface area contributed by atoms with Crippen molar-refractivity contribution in [2.75, 3.05) is 6.26 Å². The maximum absolute atomic E-state index is 12.2. The van der Waals surface area contributed by atoms with E-state index in [9.17, 15) is 22.8 Å². The molecule has 0 saturated carbocycles. The molecule has 1 aromatic carbocycles. The first-order chi connectivity index (χ1) is 11.0. The van der Waals surface area contributed by atoms with Gasteiger partial charge in [0.1, 0.15) is 12.5 Å². The van der Waals surface area contributed by atoms with Gasteiger partial charge in [-0.1, -0.05) is 30.3 Å². The Morgan fingerprint density at radius 1 is 1.21 bits per heavy atom. The first kappa shape index (κ1) is 19.7. The van der Waals surface area contributed by atoms with Crippen molar-refractivity contribution in [3.05, 3.63) is 35.9 Å². The van der Waals surface area contributed by atoms with Crippen LogP contribution in [0.5, 0.6) is 0 Å². The van der Waals surface area contributed by atoms with E-state index in [4.69, 9.17) is 21.3 Å². The van der Waals surface area contributed by atoms with Gasteiger partial charge in [0.15, 0.2) is 15.6 Å². The molecule has 0 amide bonds. The Morgan fingerprint density at radius 3 is 2.21 bits per heavy atom. The lowest BCUT2D eigenvalue weighted by Crippen LogP contribution is -2.64. The molecule has 0 saturated heterocycles. The van der Waals surface area contributed by atoms with E-state index in [0.29, 0.717) is 11.8 Å². The summed E-state index contributed by atoms with van der Waals surface area (Å²) in [6.45, 7) is -0.218. The number of carbonyl (C=O) groups excluding carboxylic acids is 2. The zero-order chi connectivity index (χ0) is 18.5. The third kappa shape index (κ3) is 4.85. The van der Waals surface area contributed by atoms with Crippen LogP contribution in [0.25, 0.3) is 0 Å². The molecular weight excluding hydrogens is 340 g/mol. The Kier molecular flexibility index (Phi) is 6.18. The zero-order valence-corrected chi connectivity index (χ0v) is 13.7. The molecule has 24 heavy (non-hydrogen) atoms. The number of carbonyl (C=O) groups is 3. The number of sulfone groups is 1. The molecule has 0 aliphatic rings. The molecule has 0 heterocycles. The summed E-state index contributed by atoms with van der Waals surface area (Å²) in [4.78, 5) is 32.2. The number of ether oxygens (including phenoxy) is 1. The summed E-state index contributed by atoms with van der Waals surface area (Å²) in [5, 5.41) is 8.84. The highest BCUT2D eigenvalue weighted by molar-refractivity contribution is 7.92. The number of hydrogen-bond donors (Lipinski definition) is 3. The second kappa shape index (κ2) is 7.51. The molecule has 9 nitrogen and oxygen atoms in total. The first-order valence-corrected chi connectivity index (χ1v) is 8.60. The van der Waals surface area contributed by atoms with Crippen LogP contribution in [0.15, 0.2) is 30.3 Å². The molecule has 0 aliphatic heterocycles. The van der Waals surface area contributed by atoms with Crippen LogP contribution >= 0.6 is 0 Å². The molecule has 0 aliphatic carbocycles. The standard InChI is InChI=1S/C14H18N2O7S/c1-24(21,22)14(15,16)12(19)10(7-11(17)18)13(20)23-8-9-5-3-2-4-6-9/h2-6,10H,7-8,15-16H2,1H3,(H,17,18). The molecule has 132 valence electrons. The van der Waals surface area contributed by atoms with Crippen molar-refractivity contribution in [1.29, 1.82) is 0 Å². The summed E-state index contributed by atoms with van der Waals surface area (Å²) in [5.74, 6) is -6.09. The van der Waals surface area contributed by atoms with Gasteiger partial charge in [0.25, 0.3) is 0 Å². The Morgan fingerprint density at radius 2 is 1.75 bits per heavy atom. The summed E-state index contributed by atoms with van der Waals surface area (Å²) < 4.78 is 27.9. The quantitative estimate of drug-likeness (QED) is 0.300. The van der Waals surface area contributed by atoms with Gasteiger partial charge in [-0.3, -0.25) is 25.9 Å². The molecule has 0 radical (unpaired) electrons. The number of benzene rings is 1. The van der Waals surface area contributed by atoms with E-state index in [2.05, 4.69) is 0 Å². The fourth-order valence-electron chi connectivity index (χ4n) is 1.74. The molecule has 1 aromatic rings. The van der Waals surface area contributed by atoms with Crippen LogP contribution in [0.2, 0.25) is 0 Å². The molecule has 0 aromatic heterocycles. The summed E-state index contributed by atoms with van der Waals surface area (Å²) in [7, 11) is -4.28. The summed E-state index contributed by atoms with van der Waals surface area (Å²) in [5.41, 5.74) is 11.2. The molecule has 1 unspecified atom stereocenters. The fourth-order valence-corrected chi connectivity index (χ4v) is 2.25. The number of ketones is 1. The maximum Gasteiger partial charge on any atom is 0.317 e. The molecule has 1 atom stereocenters. The lowest BCUT2D eigenvalue weighted by Gasteiger charge is -2.24. The smallest absolute Gasteiger partial charge is 0.317 e. The van der Waals surface area contributed by atoms with Crippen LogP contribution in [-0.4, -0.2) is 42.5 Å². The van der Waals surface area contributed by atoms with Crippen LogP contribution < -0.4 is 11.5 Å². The van der Waals surface area contributed by atoms with Gasteiger partial charge in [0.2, 0.25) is 4.99 Å². The number of carboxylic acid groups (broad SMARTS) is 1. The van der Waals surface area contributed by atoms with Crippen molar-refractivity contribution < 1.29 is 32.6 Å². The fraction of sp³-hybridized carbons (Fsp3) is 0.357. The number of esters is 1. The molecule has 0 fully saturated rings. The van der Waals surface area contributed by atoms with Crippen molar-refractivity contribution in [2.45, 2.75) is 18.0 Å². The number of carboxylic acids is 1. The molecule has 0 spiro atoms. The van der Waals surface area contributed by atoms with Crippen LogP contribution in [0.4, 0.5) is 0 Å². The highest BCUT2D eigenvalue weighted by Gasteiger charge is 2.47. The van der Waals surface area contributed by atoms with Gasteiger partial charge in [0, 0.05) is 6.26 Å². The van der Waals surface area contributed by atoms with Gasteiger partial charge >= 0.3 is 11.9 Å². The third-order valence-corrected chi connectivity index (χ3v) is 4.63. The normalized spacial score (nSPS) is 13.1. The number of Topliss-reactive ketones (excluding diaryl/α,β-unsaturated/α-hetero) is 1. The van der Waals surface area contributed by atoms with Crippen molar-refractivity contribution in [1.82, 2.24) is 0 Å². The number of hydrogen-bond acceptors (Lipinski definition) is 8. The summed E-state index contributed by atoms with van der Waals surface area (Å²) >= 11 is 0. The Hall–Kier alpha value is -2.30. The average molecular weight is 358 g/mol. The molecule has 1 rings (SSSR count). The Labute approximate surface area is 138 Å². The van der Waals surface area contributed by atoms with Gasteiger partial charge in [-0.25, -0.2) is 8.42 Å². The van der Waals surface area contributed by atoms with Crippen LogP contribution in [-0.2, 0) is 35.6 Å². The lowest BCUT2D eigenvalue weighted by atomic mass is 9.98. The van der Waals surface area contributed by atoms with E-state index < -0.39 is 44.9 Å². The lowest BCUT2D eigenvalue weighted by molar-refractivity contribution is -0.158. The van der Waals surface area contributed by atoms with Gasteiger partial charge < -0.3 is 9.84 Å². The predicted octanol–water partition coefficient (Wildman–Crippen LogP) is -0.994. The monoisotopic (exact) mass is 358 g/mol. The highest BCUT2D eigenvalue weighted by Crippen LogP contribution is 2.17. The highest BCUT2D eigenvalue weighted by atomic mass is 32.2. The Balaban J connectivity index is 2.98. The minimum absolute atomic E-state index is 0.218. The average Bonchev–Trinajstić information content (AvgIpc) is 2.49. The number of aliphatic carboxylic acids is 1. The Bertz CT molecular complexity index is 729. The topological polar surface area (TPSA) is 167 Å². The van der Waals surface area contributed by atoms with Crippen molar-refractivity contribution in [3.63, 3.8) is 0 Å². The third-order valence-electron chi connectivity index (χ3n) is 3.20. The first-order valence-electron chi connectivity index (χ1n) is 6.71. The largest absolute Gasteiger partial charge is 0.481 e. The van der Waals surface area contributed by atoms with E-state index in [0.717, 1.165) is 0 Å². The van der Waals surface area contributed by atoms with Gasteiger partial charge in [-0.2, -0.15) is 0 Å². The van der Waals surface area contributed by atoms with Crippen LogP contribution in [0.1, 0.15) is 12.0 Å². The van der Waals surface area contributed by atoms with E-state index in [1.54, 1.807) is 30.3 Å². The van der Waals surface area contributed by atoms with Crippen molar-refractivity contribution in [3.8, 4) is 0 Å². The second-order valence-corrected chi connectivity index (χ2v) is 7.39. The van der Waals surface area contributed by atoms with E-state index in [1.807, 2.05) is 0 Å². The maximum atomic E-state index is 12.2. The minimum atomic E-state index is -4.28. The second-order valence-electron chi connectivity index (χ2n) is 5.17. The van der Waals surface area contributed by atoms with E-state index in [-0.39, 0.29) is 6.61 Å².